The standard InChI is InChI=1S/C20H18F2N4O2/c1-28-14-4-2-3-12(9-14)18-19(17(25-26-18)11-5-6-11)24-20(27)23-16-8-7-13(21)10-15(16)22/h2-4,7-11H,5-6H2,1H3,(H,25,26)(H2,23,24,27). The number of rotatable bonds is 5. The van der Waals surface area contributed by atoms with Crippen molar-refractivity contribution in [2.24, 2.45) is 0 Å². The molecule has 1 aliphatic rings. The number of aromatic nitrogens is 2. The highest BCUT2D eigenvalue weighted by Gasteiger charge is 2.31. The van der Waals surface area contributed by atoms with Gasteiger partial charge < -0.3 is 15.4 Å². The summed E-state index contributed by atoms with van der Waals surface area (Å²) in [7, 11) is 1.57. The Morgan fingerprint density at radius 1 is 1.18 bits per heavy atom. The van der Waals surface area contributed by atoms with Gasteiger partial charge in [-0.25, -0.2) is 13.6 Å². The van der Waals surface area contributed by atoms with Gasteiger partial charge in [0.25, 0.3) is 0 Å². The molecule has 0 unspecified atom stereocenters. The summed E-state index contributed by atoms with van der Waals surface area (Å²) in [5.41, 5.74) is 2.59. The number of aromatic amines is 1. The van der Waals surface area contributed by atoms with Gasteiger partial charge in [0.2, 0.25) is 0 Å². The second-order valence-electron chi connectivity index (χ2n) is 6.57. The van der Waals surface area contributed by atoms with E-state index in [1.54, 1.807) is 7.11 Å². The first kappa shape index (κ1) is 18.0. The predicted molar refractivity (Wildman–Crippen MR) is 102 cm³/mol. The molecule has 1 fully saturated rings. The molecule has 2 amide bonds. The molecule has 6 nitrogen and oxygen atoms in total. The zero-order chi connectivity index (χ0) is 19.7. The predicted octanol–water partition coefficient (Wildman–Crippen LogP) is 4.88. The monoisotopic (exact) mass is 384 g/mol. The van der Waals surface area contributed by atoms with Crippen LogP contribution in [0.2, 0.25) is 0 Å². The molecule has 4 rings (SSSR count). The fourth-order valence-corrected chi connectivity index (χ4v) is 2.99. The molecule has 3 aromatic rings. The van der Waals surface area contributed by atoms with E-state index in [1.807, 2.05) is 24.3 Å². The number of methoxy groups -OCH3 is 1. The van der Waals surface area contributed by atoms with Crippen molar-refractivity contribution in [1.82, 2.24) is 10.2 Å². The van der Waals surface area contributed by atoms with E-state index >= 15 is 0 Å². The number of benzene rings is 2. The molecule has 0 bridgehead atoms. The number of hydrogen-bond acceptors (Lipinski definition) is 3. The minimum absolute atomic E-state index is 0.113. The van der Waals surface area contributed by atoms with Gasteiger partial charge >= 0.3 is 6.03 Å². The molecule has 1 aromatic heterocycles. The number of urea groups is 1. The number of halogens is 2. The van der Waals surface area contributed by atoms with E-state index in [4.69, 9.17) is 4.74 Å². The zero-order valence-corrected chi connectivity index (χ0v) is 15.1. The van der Waals surface area contributed by atoms with Crippen LogP contribution in [0.5, 0.6) is 5.75 Å². The third kappa shape index (κ3) is 3.66. The maximum atomic E-state index is 13.8. The molecule has 0 spiro atoms. The SMILES string of the molecule is COc1cccc(-c2n[nH]c(C3CC3)c2NC(=O)Nc2ccc(F)cc2F)c1. The number of hydrogen-bond donors (Lipinski definition) is 3. The lowest BCUT2D eigenvalue weighted by Gasteiger charge is -2.11. The molecule has 28 heavy (non-hydrogen) atoms. The van der Waals surface area contributed by atoms with Crippen molar-refractivity contribution in [3.63, 3.8) is 0 Å². The van der Waals surface area contributed by atoms with Crippen LogP contribution < -0.4 is 15.4 Å². The number of ether oxygens (including phenoxy) is 1. The highest BCUT2D eigenvalue weighted by Crippen LogP contribution is 2.45. The van der Waals surface area contributed by atoms with E-state index in [-0.39, 0.29) is 5.69 Å². The number of carbonyl (C=O) groups is 1. The Morgan fingerprint density at radius 2 is 2.00 bits per heavy atom. The minimum Gasteiger partial charge on any atom is -0.497 e. The van der Waals surface area contributed by atoms with E-state index in [0.29, 0.717) is 29.1 Å². The zero-order valence-electron chi connectivity index (χ0n) is 15.1. The van der Waals surface area contributed by atoms with Crippen LogP contribution in [0.1, 0.15) is 24.5 Å². The average Bonchev–Trinajstić information content (AvgIpc) is 3.45. The summed E-state index contributed by atoms with van der Waals surface area (Å²) in [5, 5.41) is 12.5. The second kappa shape index (κ2) is 7.30. The van der Waals surface area contributed by atoms with Gasteiger partial charge in [-0.05, 0) is 37.1 Å². The summed E-state index contributed by atoms with van der Waals surface area (Å²) in [5.74, 6) is -0.602. The van der Waals surface area contributed by atoms with Gasteiger partial charge in [0.05, 0.1) is 24.2 Å². The Bertz CT molecular complexity index is 1030. The third-order valence-electron chi connectivity index (χ3n) is 4.54. The summed E-state index contributed by atoms with van der Waals surface area (Å²) < 4.78 is 32.1. The van der Waals surface area contributed by atoms with E-state index in [9.17, 15) is 13.6 Å². The summed E-state index contributed by atoms with van der Waals surface area (Å²) in [6.45, 7) is 0. The summed E-state index contributed by atoms with van der Waals surface area (Å²) in [6.07, 6.45) is 2.01. The van der Waals surface area contributed by atoms with Crippen LogP contribution in [-0.4, -0.2) is 23.3 Å². The van der Waals surface area contributed by atoms with Gasteiger partial charge in [-0.2, -0.15) is 5.10 Å². The van der Waals surface area contributed by atoms with Crippen molar-refractivity contribution in [3.05, 3.63) is 59.8 Å². The molecule has 144 valence electrons. The first-order chi connectivity index (χ1) is 13.5. The van der Waals surface area contributed by atoms with Crippen LogP contribution in [0, 0.1) is 11.6 Å². The first-order valence-corrected chi connectivity index (χ1v) is 8.81. The summed E-state index contributed by atoms with van der Waals surface area (Å²) in [6, 6.07) is 9.64. The van der Waals surface area contributed by atoms with Gasteiger partial charge in [-0.1, -0.05) is 12.1 Å². The van der Waals surface area contributed by atoms with Crippen molar-refractivity contribution in [1.29, 1.82) is 0 Å². The Kier molecular flexibility index (Phi) is 4.68. The van der Waals surface area contributed by atoms with Crippen LogP contribution in [-0.2, 0) is 0 Å². The highest BCUT2D eigenvalue weighted by atomic mass is 19.1. The largest absolute Gasteiger partial charge is 0.497 e. The van der Waals surface area contributed by atoms with Crippen molar-refractivity contribution in [3.8, 4) is 17.0 Å². The number of anilines is 2. The van der Waals surface area contributed by atoms with Crippen LogP contribution in [0.3, 0.4) is 0 Å². The van der Waals surface area contributed by atoms with E-state index in [2.05, 4.69) is 20.8 Å². The van der Waals surface area contributed by atoms with Crippen LogP contribution >= 0.6 is 0 Å². The molecule has 0 atom stereocenters. The van der Waals surface area contributed by atoms with Crippen molar-refractivity contribution in [2.45, 2.75) is 18.8 Å². The number of H-pyrrole nitrogens is 1. The first-order valence-electron chi connectivity index (χ1n) is 8.81. The van der Waals surface area contributed by atoms with Crippen LogP contribution in [0.25, 0.3) is 11.3 Å². The maximum Gasteiger partial charge on any atom is 0.323 e. The van der Waals surface area contributed by atoms with E-state index in [0.717, 1.165) is 30.2 Å². The van der Waals surface area contributed by atoms with Gasteiger partial charge in [0, 0.05) is 17.5 Å². The smallest absolute Gasteiger partial charge is 0.323 e. The Balaban J connectivity index is 1.62. The molecule has 1 heterocycles. The van der Waals surface area contributed by atoms with Gasteiger partial charge in [-0.3, -0.25) is 5.10 Å². The van der Waals surface area contributed by atoms with Gasteiger partial charge in [0.15, 0.2) is 0 Å². The summed E-state index contributed by atoms with van der Waals surface area (Å²) in [4.78, 5) is 12.5. The number of carbonyl (C=O) groups excluding carboxylic acids is 1. The Labute approximate surface area is 159 Å². The van der Waals surface area contributed by atoms with E-state index < -0.39 is 17.7 Å². The summed E-state index contributed by atoms with van der Waals surface area (Å²) >= 11 is 0. The highest BCUT2D eigenvalue weighted by molar-refractivity contribution is 6.02. The topological polar surface area (TPSA) is 79.0 Å². The number of nitrogens with zero attached hydrogens (tertiary/aromatic N) is 1. The van der Waals surface area contributed by atoms with Crippen LogP contribution in [0.15, 0.2) is 42.5 Å². The Hall–Kier alpha value is -3.42. The molecule has 1 aliphatic carbocycles. The Morgan fingerprint density at radius 3 is 2.71 bits per heavy atom. The lowest BCUT2D eigenvalue weighted by molar-refractivity contribution is 0.262. The van der Waals surface area contributed by atoms with Crippen molar-refractivity contribution >= 4 is 17.4 Å². The van der Waals surface area contributed by atoms with Crippen molar-refractivity contribution < 1.29 is 18.3 Å². The molecule has 0 saturated heterocycles. The van der Waals surface area contributed by atoms with Gasteiger partial charge in [0.1, 0.15) is 23.1 Å². The molecule has 3 N–H and O–H groups in total. The van der Waals surface area contributed by atoms with E-state index in [1.165, 1.54) is 6.07 Å². The molecule has 8 heteroatoms. The third-order valence-corrected chi connectivity index (χ3v) is 4.54. The quantitative estimate of drug-likeness (QED) is 0.586. The number of amides is 2. The average molecular weight is 384 g/mol. The molecular formula is C20H18F2N4O2. The fourth-order valence-electron chi connectivity index (χ4n) is 2.99. The lowest BCUT2D eigenvalue weighted by Crippen LogP contribution is -2.21. The molecule has 0 radical (unpaired) electrons. The second-order valence-corrected chi connectivity index (χ2v) is 6.57. The molecule has 0 aliphatic heterocycles. The maximum absolute atomic E-state index is 13.8. The lowest BCUT2D eigenvalue weighted by atomic mass is 10.1. The fraction of sp³-hybridized carbons (Fsp3) is 0.200. The van der Waals surface area contributed by atoms with Crippen LogP contribution in [0.4, 0.5) is 25.0 Å². The minimum atomic E-state index is -0.849. The number of nitrogens with one attached hydrogen (secondary N) is 3. The molecule has 1 saturated carbocycles. The van der Waals surface area contributed by atoms with Crippen molar-refractivity contribution in [2.75, 3.05) is 17.7 Å². The normalized spacial score (nSPS) is 13.2. The molecule has 2 aromatic carbocycles. The van der Waals surface area contributed by atoms with Gasteiger partial charge in [-0.15, -0.1) is 0 Å². The molecular weight excluding hydrogens is 366 g/mol.